The first-order valence-corrected chi connectivity index (χ1v) is 7.97. The molecule has 0 N–H and O–H groups in total. The number of pyridine rings is 1. The average molecular weight is 366 g/mol. The first kappa shape index (κ1) is 15.3. The summed E-state index contributed by atoms with van der Waals surface area (Å²) in [4.78, 5) is 16.9. The highest BCUT2D eigenvalue weighted by Crippen LogP contribution is 2.19. The first-order chi connectivity index (χ1) is 10.6. The van der Waals surface area contributed by atoms with E-state index in [0.717, 1.165) is 30.1 Å². The van der Waals surface area contributed by atoms with Gasteiger partial charge in [-0.25, -0.2) is 14.4 Å². The molecule has 22 heavy (non-hydrogen) atoms. The molecule has 3 heterocycles. The van der Waals surface area contributed by atoms with E-state index < -0.39 is 0 Å². The molecular weight excluding hydrogens is 349 g/mol. The Kier molecular flexibility index (Phi) is 4.63. The summed E-state index contributed by atoms with van der Waals surface area (Å²) in [5, 5.41) is 0. The fourth-order valence-electron chi connectivity index (χ4n) is 2.63. The van der Waals surface area contributed by atoms with Crippen molar-refractivity contribution in [2.75, 3.05) is 24.5 Å². The molecule has 0 amide bonds. The predicted octanol–water partition coefficient (Wildman–Crippen LogP) is 2.48. The van der Waals surface area contributed by atoms with Gasteiger partial charge in [0.2, 0.25) is 5.95 Å². The zero-order valence-electron chi connectivity index (χ0n) is 12.3. The number of halogens is 2. The maximum absolute atomic E-state index is 13.7. The topological polar surface area (TPSA) is 45.2 Å². The molecule has 0 aliphatic carbocycles. The molecule has 0 saturated carbocycles. The summed E-state index contributed by atoms with van der Waals surface area (Å²) >= 11 is 3.34. The summed E-state index contributed by atoms with van der Waals surface area (Å²) in [6, 6.07) is 2.04. The van der Waals surface area contributed by atoms with Gasteiger partial charge in [-0.3, -0.25) is 9.88 Å². The van der Waals surface area contributed by atoms with Crippen molar-refractivity contribution in [1.82, 2.24) is 19.9 Å². The Morgan fingerprint density at radius 2 is 2.05 bits per heavy atom. The molecule has 2 aromatic rings. The lowest BCUT2D eigenvalue weighted by Crippen LogP contribution is -2.52. The molecule has 0 spiro atoms. The highest BCUT2D eigenvalue weighted by atomic mass is 79.9. The maximum Gasteiger partial charge on any atom is 0.225 e. The summed E-state index contributed by atoms with van der Waals surface area (Å²) in [5.41, 5.74) is 0.690. The lowest BCUT2D eigenvalue weighted by Gasteiger charge is -2.39. The molecular formula is C15H17BrFN5. The Morgan fingerprint density at radius 3 is 2.73 bits per heavy atom. The Morgan fingerprint density at radius 1 is 1.27 bits per heavy atom. The second-order valence-corrected chi connectivity index (χ2v) is 6.35. The number of piperazine rings is 1. The molecule has 1 aliphatic rings. The number of nitrogens with zero attached hydrogens (tertiary/aromatic N) is 5. The third kappa shape index (κ3) is 3.41. The van der Waals surface area contributed by atoms with Crippen LogP contribution in [0.5, 0.6) is 0 Å². The van der Waals surface area contributed by atoms with Crippen LogP contribution in [0.1, 0.15) is 12.5 Å². The van der Waals surface area contributed by atoms with Crippen LogP contribution in [0.3, 0.4) is 0 Å². The van der Waals surface area contributed by atoms with Gasteiger partial charge in [0.15, 0.2) is 0 Å². The highest BCUT2D eigenvalue weighted by molar-refractivity contribution is 9.10. The van der Waals surface area contributed by atoms with Crippen LogP contribution >= 0.6 is 15.9 Å². The van der Waals surface area contributed by atoms with Crippen LogP contribution in [0, 0.1) is 5.82 Å². The van der Waals surface area contributed by atoms with E-state index in [0.29, 0.717) is 18.2 Å². The smallest absolute Gasteiger partial charge is 0.225 e. The van der Waals surface area contributed by atoms with Crippen molar-refractivity contribution in [1.29, 1.82) is 0 Å². The van der Waals surface area contributed by atoms with E-state index in [2.05, 4.69) is 47.6 Å². The number of rotatable bonds is 3. The lowest BCUT2D eigenvalue weighted by atomic mass is 10.1. The third-order valence-corrected chi connectivity index (χ3v) is 4.29. The number of anilines is 1. The van der Waals surface area contributed by atoms with E-state index in [1.54, 1.807) is 24.7 Å². The first-order valence-electron chi connectivity index (χ1n) is 7.18. The molecule has 0 aromatic carbocycles. The Bertz CT molecular complexity index is 636. The zero-order chi connectivity index (χ0) is 15.5. The van der Waals surface area contributed by atoms with Crippen molar-refractivity contribution >= 4 is 21.9 Å². The van der Waals surface area contributed by atoms with Gasteiger partial charge < -0.3 is 4.90 Å². The fraction of sp³-hybridized carbons (Fsp3) is 0.400. The quantitative estimate of drug-likeness (QED) is 0.835. The number of aromatic nitrogens is 3. The van der Waals surface area contributed by atoms with E-state index in [-0.39, 0.29) is 5.82 Å². The molecule has 1 atom stereocenters. The minimum absolute atomic E-state index is 0.242. The molecule has 3 rings (SSSR count). The molecule has 7 heteroatoms. The van der Waals surface area contributed by atoms with E-state index >= 15 is 0 Å². The van der Waals surface area contributed by atoms with E-state index in [4.69, 9.17) is 0 Å². The Balaban J connectivity index is 1.65. The molecule has 0 radical (unpaired) electrons. The van der Waals surface area contributed by atoms with Crippen molar-refractivity contribution in [2.45, 2.75) is 19.5 Å². The molecule has 2 aromatic heterocycles. The Hall–Kier alpha value is -1.60. The zero-order valence-corrected chi connectivity index (χ0v) is 13.9. The van der Waals surface area contributed by atoms with Crippen LogP contribution in [0.15, 0.2) is 35.3 Å². The van der Waals surface area contributed by atoms with Crippen LogP contribution in [0.25, 0.3) is 0 Å². The van der Waals surface area contributed by atoms with E-state index in [1.807, 2.05) is 0 Å². The van der Waals surface area contributed by atoms with Crippen molar-refractivity contribution in [3.63, 3.8) is 0 Å². The number of hydrogen-bond acceptors (Lipinski definition) is 5. The predicted molar refractivity (Wildman–Crippen MR) is 86.0 cm³/mol. The highest BCUT2D eigenvalue weighted by Gasteiger charge is 2.25. The fourth-order valence-corrected chi connectivity index (χ4v) is 2.84. The van der Waals surface area contributed by atoms with Gasteiger partial charge in [-0.1, -0.05) is 0 Å². The largest absolute Gasteiger partial charge is 0.338 e. The minimum atomic E-state index is -0.242. The van der Waals surface area contributed by atoms with Crippen molar-refractivity contribution < 1.29 is 4.39 Å². The minimum Gasteiger partial charge on any atom is -0.338 e. The molecule has 116 valence electrons. The van der Waals surface area contributed by atoms with Crippen LogP contribution in [-0.4, -0.2) is 45.5 Å². The van der Waals surface area contributed by atoms with Gasteiger partial charge in [0.25, 0.3) is 0 Å². The monoisotopic (exact) mass is 365 g/mol. The molecule has 1 aliphatic heterocycles. The van der Waals surface area contributed by atoms with Crippen LogP contribution in [-0.2, 0) is 6.54 Å². The average Bonchev–Trinajstić information content (AvgIpc) is 2.52. The van der Waals surface area contributed by atoms with Gasteiger partial charge in [0, 0.05) is 56.4 Å². The molecule has 0 bridgehead atoms. The standard InChI is InChI=1S/C15H17BrFN5/c1-11-9-22(15-19-6-13(16)7-20-15)5-4-21(11)10-12-2-3-18-8-14(12)17/h2-3,6-8,11H,4-5,9-10H2,1H3. The second-order valence-electron chi connectivity index (χ2n) is 5.43. The summed E-state index contributed by atoms with van der Waals surface area (Å²) in [6.45, 7) is 5.25. The molecule has 1 fully saturated rings. The third-order valence-electron chi connectivity index (χ3n) is 3.88. The summed E-state index contributed by atoms with van der Waals surface area (Å²) in [7, 11) is 0. The van der Waals surface area contributed by atoms with Gasteiger partial charge in [-0.2, -0.15) is 0 Å². The molecule has 1 saturated heterocycles. The Labute approximate surface area is 137 Å². The summed E-state index contributed by atoms with van der Waals surface area (Å²) in [6.07, 6.45) is 6.42. The maximum atomic E-state index is 13.7. The SMILES string of the molecule is CC1CN(c2ncc(Br)cn2)CCN1Cc1ccncc1F. The number of hydrogen-bond donors (Lipinski definition) is 0. The van der Waals surface area contributed by atoms with Crippen LogP contribution in [0.4, 0.5) is 10.3 Å². The van der Waals surface area contributed by atoms with Crippen LogP contribution in [0.2, 0.25) is 0 Å². The van der Waals surface area contributed by atoms with Gasteiger partial charge >= 0.3 is 0 Å². The van der Waals surface area contributed by atoms with E-state index in [9.17, 15) is 4.39 Å². The van der Waals surface area contributed by atoms with Crippen molar-refractivity contribution in [3.8, 4) is 0 Å². The summed E-state index contributed by atoms with van der Waals surface area (Å²) in [5.74, 6) is 0.498. The molecule has 5 nitrogen and oxygen atoms in total. The van der Waals surface area contributed by atoms with E-state index in [1.165, 1.54) is 6.20 Å². The van der Waals surface area contributed by atoms with Gasteiger partial charge in [-0.15, -0.1) is 0 Å². The summed E-state index contributed by atoms with van der Waals surface area (Å²) < 4.78 is 14.6. The lowest BCUT2D eigenvalue weighted by molar-refractivity contribution is 0.178. The van der Waals surface area contributed by atoms with Crippen LogP contribution < -0.4 is 4.90 Å². The molecule has 1 unspecified atom stereocenters. The van der Waals surface area contributed by atoms with Gasteiger partial charge in [-0.05, 0) is 28.9 Å². The normalized spacial score (nSPS) is 19.4. The van der Waals surface area contributed by atoms with Gasteiger partial charge in [0.05, 0.1) is 10.7 Å². The van der Waals surface area contributed by atoms with Crippen molar-refractivity contribution in [3.05, 3.63) is 46.7 Å². The van der Waals surface area contributed by atoms with Crippen molar-refractivity contribution in [2.24, 2.45) is 0 Å². The second kappa shape index (κ2) is 6.66. The van der Waals surface area contributed by atoms with Gasteiger partial charge in [0.1, 0.15) is 5.82 Å².